The maximum absolute atomic E-state index is 4.60. The monoisotopic (exact) mass is 249 g/mol. The van der Waals surface area contributed by atoms with Crippen LogP contribution < -0.4 is 5.32 Å². The number of nitrogens with one attached hydrogen (secondary N) is 1. The highest BCUT2D eigenvalue weighted by Crippen LogP contribution is 2.24. The quantitative estimate of drug-likeness (QED) is 0.826. The molecule has 102 valence electrons. The van der Waals surface area contributed by atoms with Gasteiger partial charge in [0.2, 0.25) is 5.95 Å². The number of nitrogens with zero attached hydrogens (tertiary/aromatic N) is 2. The molecule has 0 aliphatic heterocycles. The number of imidazole rings is 1. The smallest absolute Gasteiger partial charge is 0.203 e. The minimum absolute atomic E-state index is 0.857. The van der Waals surface area contributed by atoms with Gasteiger partial charge in [0.1, 0.15) is 0 Å². The molecule has 1 saturated carbocycles. The number of hydrogen-bond acceptors (Lipinski definition) is 2. The lowest BCUT2D eigenvalue weighted by molar-refractivity contribution is 0.372. The van der Waals surface area contributed by atoms with E-state index in [0.29, 0.717) is 0 Å². The topological polar surface area (TPSA) is 29.9 Å². The summed E-state index contributed by atoms with van der Waals surface area (Å²) < 4.78 is 2.28. The van der Waals surface area contributed by atoms with Crippen molar-refractivity contribution in [2.45, 2.75) is 65.3 Å². The SMILES string of the molecule is CCCCn1cc(C)nc1NCC1CCCCC1. The van der Waals surface area contributed by atoms with Crippen molar-refractivity contribution in [2.75, 3.05) is 11.9 Å². The Morgan fingerprint density at radius 1 is 1.33 bits per heavy atom. The predicted molar refractivity (Wildman–Crippen MR) is 76.9 cm³/mol. The zero-order valence-corrected chi connectivity index (χ0v) is 11.9. The molecule has 1 aromatic heterocycles. The van der Waals surface area contributed by atoms with Crippen molar-refractivity contribution in [3.8, 4) is 0 Å². The molecule has 2 rings (SSSR count). The molecule has 1 N–H and O–H groups in total. The van der Waals surface area contributed by atoms with Gasteiger partial charge < -0.3 is 9.88 Å². The Bertz CT molecular complexity index is 351. The zero-order valence-electron chi connectivity index (χ0n) is 11.9. The van der Waals surface area contributed by atoms with E-state index in [1.165, 1.54) is 44.9 Å². The van der Waals surface area contributed by atoms with Crippen molar-refractivity contribution < 1.29 is 0 Å². The lowest BCUT2D eigenvalue weighted by Crippen LogP contribution is -2.19. The largest absolute Gasteiger partial charge is 0.355 e. The summed E-state index contributed by atoms with van der Waals surface area (Å²) in [7, 11) is 0. The fourth-order valence-electron chi connectivity index (χ4n) is 2.81. The van der Waals surface area contributed by atoms with Gasteiger partial charge in [-0.25, -0.2) is 4.98 Å². The molecule has 1 heterocycles. The van der Waals surface area contributed by atoms with Crippen molar-refractivity contribution in [1.82, 2.24) is 9.55 Å². The van der Waals surface area contributed by atoms with Crippen LogP contribution in [0.5, 0.6) is 0 Å². The normalized spacial score (nSPS) is 17.0. The van der Waals surface area contributed by atoms with Crippen LogP contribution in [-0.4, -0.2) is 16.1 Å². The lowest BCUT2D eigenvalue weighted by atomic mass is 9.89. The third-order valence-corrected chi connectivity index (χ3v) is 3.92. The van der Waals surface area contributed by atoms with E-state index in [1.54, 1.807) is 0 Å². The van der Waals surface area contributed by atoms with Crippen LogP contribution in [-0.2, 0) is 6.54 Å². The van der Waals surface area contributed by atoms with Gasteiger partial charge >= 0.3 is 0 Å². The van der Waals surface area contributed by atoms with E-state index in [0.717, 1.165) is 30.6 Å². The average Bonchev–Trinajstić information content (AvgIpc) is 2.75. The first-order chi connectivity index (χ1) is 8.79. The van der Waals surface area contributed by atoms with Gasteiger partial charge in [0.15, 0.2) is 0 Å². The van der Waals surface area contributed by atoms with Gasteiger partial charge in [-0.15, -0.1) is 0 Å². The summed E-state index contributed by atoms with van der Waals surface area (Å²) in [6.07, 6.45) is 11.7. The van der Waals surface area contributed by atoms with Crippen LogP contribution in [0.15, 0.2) is 6.20 Å². The minimum Gasteiger partial charge on any atom is -0.355 e. The summed E-state index contributed by atoms with van der Waals surface area (Å²) in [5.74, 6) is 1.93. The van der Waals surface area contributed by atoms with Gasteiger partial charge in [0.05, 0.1) is 5.69 Å². The zero-order chi connectivity index (χ0) is 12.8. The molecule has 0 unspecified atom stereocenters. The number of aryl methyl sites for hydroxylation is 2. The van der Waals surface area contributed by atoms with Gasteiger partial charge in [-0.3, -0.25) is 0 Å². The molecule has 0 aromatic carbocycles. The number of hydrogen-bond donors (Lipinski definition) is 1. The average molecular weight is 249 g/mol. The van der Waals surface area contributed by atoms with Crippen LogP contribution in [0.3, 0.4) is 0 Å². The Labute approximate surface area is 111 Å². The van der Waals surface area contributed by atoms with Crippen molar-refractivity contribution in [2.24, 2.45) is 5.92 Å². The van der Waals surface area contributed by atoms with Crippen LogP contribution in [0.4, 0.5) is 5.95 Å². The van der Waals surface area contributed by atoms with E-state index in [-0.39, 0.29) is 0 Å². The highest BCUT2D eigenvalue weighted by atomic mass is 15.2. The first-order valence-corrected chi connectivity index (χ1v) is 7.57. The Kier molecular flexibility index (Phi) is 5.09. The van der Waals surface area contributed by atoms with Gasteiger partial charge in [0, 0.05) is 19.3 Å². The molecular formula is C15H27N3. The second-order valence-corrected chi connectivity index (χ2v) is 5.64. The van der Waals surface area contributed by atoms with Crippen molar-refractivity contribution >= 4 is 5.95 Å². The van der Waals surface area contributed by atoms with Crippen LogP contribution >= 0.6 is 0 Å². The Balaban J connectivity index is 1.86. The van der Waals surface area contributed by atoms with E-state index in [2.05, 4.69) is 34.9 Å². The highest BCUT2D eigenvalue weighted by molar-refractivity contribution is 5.28. The maximum atomic E-state index is 4.60. The van der Waals surface area contributed by atoms with Gasteiger partial charge in [-0.05, 0) is 32.1 Å². The van der Waals surface area contributed by atoms with Crippen LogP contribution in [0.25, 0.3) is 0 Å². The van der Waals surface area contributed by atoms with E-state index < -0.39 is 0 Å². The summed E-state index contributed by atoms with van der Waals surface area (Å²) in [6.45, 7) is 6.50. The van der Waals surface area contributed by atoms with Crippen LogP contribution in [0.2, 0.25) is 0 Å². The first-order valence-electron chi connectivity index (χ1n) is 7.57. The van der Waals surface area contributed by atoms with E-state index >= 15 is 0 Å². The molecule has 1 fully saturated rings. The van der Waals surface area contributed by atoms with Gasteiger partial charge in [-0.1, -0.05) is 32.6 Å². The summed E-state index contributed by atoms with van der Waals surface area (Å²) in [5.41, 5.74) is 1.12. The maximum Gasteiger partial charge on any atom is 0.203 e. The molecule has 0 spiro atoms. The molecule has 0 saturated heterocycles. The lowest BCUT2D eigenvalue weighted by Gasteiger charge is -2.22. The molecule has 0 atom stereocenters. The Morgan fingerprint density at radius 3 is 2.83 bits per heavy atom. The number of rotatable bonds is 6. The van der Waals surface area contributed by atoms with E-state index in [9.17, 15) is 0 Å². The van der Waals surface area contributed by atoms with Crippen LogP contribution in [0.1, 0.15) is 57.6 Å². The van der Waals surface area contributed by atoms with Gasteiger partial charge in [0.25, 0.3) is 0 Å². The summed E-state index contributed by atoms with van der Waals surface area (Å²) >= 11 is 0. The number of aromatic nitrogens is 2. The summed E-state index contributed by atoms with van der Waals surface area (Å²) in [4.78, 5) is 4.60. The van der Waals surface area contributed by atoms with Crippen molar-refractivity contribution in [3.05, 3.63) is 11.9 Å². The number of unbranched alkanes of at least 4 members (excludes halogenated alkanes) is 1. The van der Waals surface area contributed by atoms with Gasteiger partial charge in [-0.2, -0.15) is 0 Å². The molecule has 1 aromatic rings. The molecule has 18 heavy (non-hydrogen) atoms. The van der Waals surface area contributed by atoms with Crippen molar-refractivity contribution in [3.63, 3.8) is 0 Å². The third kappa shape index (κ3) is 3.76. The first kappa shape index (κ1) is 13.4. The fourth-order valence-corrected chi connectivity index (χ4v) is 2.81. The minimum atomic E-state index is 0.857. The Morgan fingerprint density at radius 2 is 2.11 bits per heavy atom. The third-order valence-electron chi connectivity index (χ3n) is 3.92. The molecule has 3 heteroatoms. The fraction of sp³-hybridized carbons (Fsp3) is 0.800. The predicted octanol–water partition coefficient (Wildman–Crippen LogP) is 3.98. The summed E-state index contributed by atoms with van der Waals surface area (Å²) in [6, 6.07) is 0. The molecule has 1 aliphatic rings. The van der Waals surface area contributed by atoms with E-state index in [1.807, 2.05) is 0 Å². The molecule has 0 bridgehead atoms. The molecule has 1 aliphatic carbocycles. The Hall–Kier alpha value is -0.990. The highest BCUT2D eigenvalue weighted by Gasteiger charge is 2.14. The molecule has 0 amide bonds. The molecule has 0 radical (unpaired) electrons. The van der Waals surface area contributed by atoms with Crippen LogP contribution in [0, 0.1) is 12.8 Å². The molecule has 3 nitrogen and oxygen atoms in total. The van der Waals surface area contributed by atoms with Crippen molar-refractivity contribution in [1.29, 1.82) is 0 Å². The standard InChI is InChI=1S/C15H27N3/c1-3-4-10-18-12-13(2)17-15(18)16-11-14-8-6-5-7-9-14/h12,14H,3-11H2,1-2H3,(H,16,17). The summed E-state index contributed by atoms with van der Waals surface area (Å²) in [5, 5.41) is 3.56. The second-order valence-electron chi connectivity index (χ2n) is 5.64. The molecular weight excluding hydrogens is 222 g/mol. The number of anilines is 1. The second kappa shape index (κ2) is 6.81. The van der Waals surface area contributed by atoms with E-state index in [4.69, 9.17) is 0 Å².